The number of ether oxygens (including phenoxy) is 2. The molecular weight excluding hydrogens is 500 g/mol. The van der Waals surface area contributed by atoms with E-state index in [1.54, 1.807) is 25.1 Å². The Morgan fingerprint density at radius 2 is 1.65 bits per heavy atom. The van der Waals surface area contributed by atoms with Crippen LogP contribution in [0.2, 0.25) is 0 Å². The number of rotatable bonds is 8. The van der Waals surface area contributed by atoms with Crippen LogP contribution in [0.5, 0.6) is 11.5 Å². The van der Waals surface area contributed by atoms with E-state index in [1.807, 2.05) is 0 Å². The summed E-state index contributed by atoms with van der Waals surface area (Å²) in [6.45, 7) is 2.03. The van der Waals surface area contributed by atoms with Crippen LogP contribution in [0.1, 0.15) is 31.7 Å². The second-order valence-electron chi connectivity index (χ2n) is 9.05. The van der Waals surface area contributed by atoms with Crippen molar-refractivity contribution in [3.63, 3.8) is 0 Å². The predicted molar refractivity (Wildman–Crippen MR) is 135 cm³/mol. The highest BCUT2D eigenvalue weighted by Gasteiger charge is 2.49. The molecule has 2 fully saturated rings. The Morgan fingerprint density at radius 1 is 1.00 bits per heavy atom. The van der Waals surface area contributed by atoms with Crippen LogP contribution in [0.4, 0.5) is 10.5 Å². The average Bonchev–Trinajstić information content (AvgIpc) is 3.12. The van der Waals surface area contributed by atoms with Crippen LogP contribution >= 0.6 is 0 Å². The Kier molecular flexibility index (Phi) is 7.42. The summed E-state index contributed by atoms with van der Waals surface area (Å²) in [6, 6.07) is 9.98. The molecule has 2 N–H and O–H groups in total. The number of carbonyl (C=O) groups is 3. The van der Waals surface area contributed by atoms with Crippen molar-refractivity contribution in [2.45, 2.75) is 36.6 Å². The summed E-state index contributed by atoms with van der Waals surface area (Å²) in [5.41, 5.74) is -0.587. The summed E-state index contributed by atoms with van der Waals surface area (Å²) < 4.78 is 37.6. The van der Waals surface area contributed by atoms with Crippen molar-refractivity contribution in [3.05, 3.63) is 48.0 Å². The van der Waals surface area contributed by atoms with E-state index in [9.17, 15) is 22.8 Å². The van der Waals surface area contributed by atoms with Gasteiger partial charge in [-0.15, -0.1) is 0 Å². The van der Waals surface area contributed by atoms with Gasteiger partial charge < -0.3 is 20.1 Å². The number of benzene rings is 2. The summed E-state index contributed by atoms with van der Waals surface area (Å²) >= 11 is 0. The SMILES string of the molecule is COc1ccc([C@@]2(C)NC(=O)N(CC(=O)Nc3ccc(S(=O)(=O)N4CCCCC4)cc3)C2=O)cc1OC. The highest BCUT2D eigenvalue weighted by molar-refractivity contribution is 7.89. The van der Waals surface area contributed by atoms with Gasteiger partial charge in [0, 0.05) is 18.8 Å². The van der Waals surface area contributed by atoms with Crippen molar-refractivity contribution < 1.29 is 32.3 Å². The number of hydrogen-bond acceptors (Lipinski definition) is 7. The average molecular weight is 531 g/mol. The van der Waals surface area contributed by atoms with Crippen molar-refractivity contribution >= 4 is 33.6 Å². The Bertz CT molecular complexity index is 1310. The Balaban J connectivity index is 1.43. The minimum Gasteiger partial charge on any atom is -0.493 e. The van der Waals surface area contributed by atoms with Crippen LogP contribution in [0.15, 0.2) is 47.4 Å². The number of piperidine rings is 1. The third kappa shape index (κ3) is 5.12. The molecule has 1 atom stereocenters. The lowest BCUT2D eigenvalue weighted by molar-refractivity contribution is -0.133. The maximum Gasteiger partial charge on any atom is 0.325 e. The van der Waals surface area contributed by atoms with Gasteiger partial charge in [-0.25, -0.2) is 13.2 Å². The molecule has 4 rings (SSSR count). The summed E-state index contributed by atoms with van der Waals surface area (Å²) in [5, 5.41) is 5.26. The van der Waals surface area contributed by atoms with E-state index >= 15 is 0 Å². The van der Waals surface area contributed by atoms with Crippen LogP contribution < -0.4 is 20.1 Å². The lowest BCUT2D eigenvalue weighted by Gasteiger charge is -2.25. The Morgan fingerprint density at radius 3 is 2.27 bits per heavy atom. The number of urea groups is 1. The molecule has 198 valence electrons. The van der Waals surface area contributed by atoms with Gasteiger partial charge in [-0.05, 0) is 61.7 Å². The second-order valence-corrected chi connectivity index (χ2v) is 11.0. The van der Waals surface area contributed by atoms with E-state index in [-0.39, 0.29) is 4.90 Å². The van der Waals surface area contributed by atoms with Crippen LogP contribution in [-0.4, -0.2) is 69.3 Å². The number of sulfonamides is 1. The maximum absolute atomic E-state index is 13.2. The third-order valence-electron chi connectivity index (χ3n) is 6.63. The quantitative estimate of drug-likeness (QED) is 0.500. The van der Waals surface area contributed by atoms with Crippen molar-refractivity contribution in [3.8, 4) is 11.5 Å². The summed E-state index contributed by atoms with van der Waals surface area (Å²) in [5.74, 6) is -0.336. The van der Waals surface area contributed by atoms with E-state index < -0.39 is 40.0 Å². The topological polar surface area (TPSA) is 134 Å². The summed E-state index contributed by atoms with van der Waals surface area (Å²) in [7, 11) is -0.638. The highest BCUT2D eigenvalue weighted by Crippen LogP contribution is 2.35. The van der Waals surface area contributed by atoms with Crippen LogP contribution in [0.3, 0.4) is 0 Å². The second kappa shape index (κ2) is 10.4. The molecule has 4 amide bonds. The molecule has 2 aliphatic rings. The number of imide groups is 1. The fourth-order valence-corrected chi connectivity index (χ4v) is 6.01. The van der Waals surface area contributed by atoms with Gasteiger partial charge in [0.05, 0.1) is 19.1 Å². The number of hydrogen-bond donors (Lipinski definition) is 2. The largest absolute Gasteiger partial charge is 0.493 e. The molecule has 0 aliphatic carbocycles. The molecule has 0 radical (unpaired) electrons. The Hall–Kier alpha value is -3.64. The molecule has 0 bridgehead atoms. The number of carbonyl (C=O) groups excluding carboxylic acids is 3. The van der Waals surface area contributed by atoms with Crippen molar-refractivity contribution in [1.29, 1.82) is 0 Å². The van der Waals surface area contributed by atoms with Gasteiger partial charge in [-0.3, -0.25) is 14.5 Å². The maximum atomic E-state index is 13.2. The monoisotopic (exact) mass is 530 g/mol. The summed E-state index contributed by atoms with van der Waals surface area (Å²) in [6.07, 6.45) is 2.68. The van der Waals surface area contributed by atoms with E-state index in [4.69, 9.17) is 9.47 Å². The molecule has 0 spiro atoms. The van der Waals surface area contributed by atoms with E-state index in [2.05, 4.69) is 10.6 Å². The molecule has 2 aliphatic heterocycles. The molecule has 0 unspecified atom stereocenters. The van der Waals surface area contributed by atoms with Crippen molar-refractivity contribution in [2.24, 2.45) is 0 Å². The number of nitrogens with zero attached hydrogens (tertiary/aromatic N) is 2. The minimum absolute atomic E-state index is 0.146. The van der Waals surface area contributed by atoms with E-state index in [1.165, 1.54) is 42.8 Å². The molecule has 0 saturated carbocycles. The first-order chi connectivity index (χ1) is 17.6. The lowest BCUT2D eigenvalue weighted by Crippen LogP contribution is -2.42. The molecule has 2 aromatic carbocycles. The zero-order valence-corrected chi connectivity index (χ0v) is 21.8. The first-order valence-electron chi connectivity index (χ1n) is 11.9. The zero-order valence-electron chi connectivity index (χ0n) is 20.9. The lowest BCUT2D eigenvalue weighted by atomic mass is 9.91. The van der Waals surface area contributed by atoms with Crippen molar-refractivity contribution in [2.75, 3.05) is 39.2 Å². The molecule has 2 saturated heterocycles. The van der Waals surface area contributed by atoms with Gasteiger partial charge in [-0.1, -0.05) is 12.5 Å². The summed E-state index contributed by atoms with van der Waals surface area (Å²) in [4.78, 5) is 39.5. The van der Waals surface area contributed by atoms with Gasteiger partial charge in [0.25, 0.3) is 5.91 Å². The number of methoxy groups -OCH3 is 2. The van der Waals surface area contributed by atoms with Crippen LogP contribution in [-0.2, 0) is 25.2 Å². The van der Waals surface area contributed by atoms with Gasteiger partial charge in [0.2, 0.25) is 15.9 Å². The molecule has 2 heterocycles. The van der Waals surface area contributed by atoms with E-state index in [0.717, 1.165) is 24.2 Å². The van der Waals surface area contributed by atoms with Crippen molar-refractivity contribution in [1.82, 2.24) is 14.5 Å². The number of nitrogens with one attached hydrogen (secondary N) is 2. The number of anilines is 1. The molecule has 2 aromatic rings. The Labute approximate surface area is 215 Å². The standard InChI is InChI=1S/C25H30N4O7S/c1-25(17-7-12-20(35-2)21(15-17)36-3)23(31)29(24(32)27-25)16-22(30)26-18-8-10-19(11-9-18)37(33,34)28-13-5-4-6-14-28/h7-12,15H,4-6,13-14,16H2,1-3H3,(H,26,30)(H,27,32)/t25-/m1/s1. The highest BCUT2D eigenvalue weighted by atomic mass is 32.2. The first kappa shape index (κ1) is 26.4. The predicted octanol–water partition coefficient (Wildman–Crippen LogP) is 2.28. The normalized spacial score (nSPS) is 20.5. The smallest absolute Gasteiger partial charge is 0.325 e. The van der Waals surface area contributed by atoms with Crippen LogP contribution in [0, 0.1) is 0 Å². The molecule has 12 heteroatoms. The van der Waals surface area contributed by atoms with Gasteiger partial charge in [0.1, 0.15) is 12.1 Å². The van der Waals surface area contributed by atoms with Gasteiger partial charge in [-0.2, -0.15) is 4.31 Å². The minimum atomic E-state index is -3.59. The van der Waals surface area contributed by atoms with Gasteiger partial charge in [0.15, 0.2) is 11.5 Å². The van der Waals surface area contributed by atoms with Gasteiger partial charge >= 0.3 is 6.03 Å². The third-order valence-corrected chi connectivity index (χ3v) is 8.54. The fourth-order valence-electron chi connectivity index (χ4n) is 4.49. The number of amides is 4. The first-order valence-corrected chi connectivity index (χ1v) is 13.3. The molecule has 0 aromatic heterocycles. The molecule has 37 heavy (non-hydrogen) atoms. The fraction of sp³-hybridized carbons (Fsp3) is 0.400. The molecular formula is C25H30N4O7S. The zero-order chi connectivity index (χ0) is 26.8. The van der Waals surface area contributed by atoms with Crippen LogP contribution in [0.25, 0.3) is 0 Å². The van der Waals surface area contributed by atoms with E-state index in [0.29, 0.717) is 35.8 Å². The molecule has 11 nitrogen and oxygen atoms in total.